The van der Waals surface area contributed by atoms with Crippen LogP contribution in [-0.2, 0) is 0 Å². The van der Waals surface area contributed by atoms with Gasteiger partial charge in [-0.25, -0.2) is 4.98 Å². The Hall–Kier alpha value is -1.42. The van der Waals surface area contributed by atoms with Gasteiger partial charge in [-0.2, -0.15) is 0 Å². The lowest BCUT2D eigenvalue weighted by molar-refractivity contribution is 0.402. The molecule has 0 aliphatic carbocycles. The molecule has 0 fully saturated rings. The Bertz CT molecular complexity index is 386. The van der Waals surface area contributed by atoms with Gasteiger partial charge >= 0.3 is 0 Å². The van der Waals surface area contributed by atoms with Gasteiger partial charge in [0.25, 0.3) is 0 Å². The Kier molecular flexibility index (Phi) is 2.23. The summed E-state index contributed by atoms with van der Waals surface area (Å²) >= 11 is 1.53. The highest BCUT2D eigenvalue weighted by molar-refractivity contribution is 7.13. The summed E-state index contributed by atoms with van der Waals surface area (Å²) in [5, 5.41) is 0. The number of hydrogen-bond acceptors (Lipinski definition) is 4. The topological polar surface area (TPSA) is 35.0 Å². The van der Waals surface area contributed by atoms with Crippen molar-refractivity contribution >= 4 is 11.3 Å². The van der Waals surface area contributed by atoms with E-state index in [1.165, 1.54) is 11.3 Å². The van der Waals surface area contributed by atoms with Crippen molar-refractivity contribution in [3.05, 3.63) is 29.9 Å². The van der Waals surface area contributed by atoms with Crippen molar-refractivity contribution in [2.75, 3.05) is 7.11 Å². The van der Waals surface area contributed by atoms with Gasteiger partial charge in [-0.15, -0.1) is 11.3 Å². The quantitative estimate of drug-likeness (QED) is 0.731. The van der Waals surface area contributed by atoms with Crippen LogP contribution in [0.25, 0.3) is 10.6 Å². The summed E-state index contributed by atoms with van der Waals surface area (Å²) in [4.78, 5) is 9.26. The molecule has 4 heteroatoms. The van der Waals surface area contributed by atoms with Crippen LogP contribution in [0.3, 0.4) is 0 Å². The fourth-order valence-electron chi connectivity index (χ4n) is 1.05. The third-order valence-corrected chi connectivity index (χ3v) is 2.46. The molecular formula is C9H8N2OS. The standard InChI is InChI=1S/C9H8N2OS/c1-12-9-8(13-6-11-9)7-4-2-3-5-10-7/h2-6H,1H3. The molecule has 66 valence electrons. The second kappa shape index (κ2) is 3.53. The summed E-state index contributed by atoms with van der Waals surface area (Å²) in [7, 11) is 1.61. The van der Waals surface area contributed by atoms with Crippen LogP contribution in [0, 0.1) is 0 Å². The Morgan fingerprint density at radius 3 is 2.92 bits per heavy atom. The van der Waals surface area contributed by atoms with Gasteiger partial charge in [-0.05, 0) is 12.1 Å². The number of aromatic nitrogens is 2. The van der Waals surface area contributed by atoms with Crippen molar-refractivity contribution in [1.29, 1.82) is 0 Å². The zero-order chi connectivity index (χ0) is 9.10. The molecule has 0 saturated carbocycles. The van der Waals surface area contributed by atoms with Gasteiger partial charge in [-0.1, -0.05) is 6.07 Å². The second-order valence-corrected chi connectivity index (χ2v) is 3.26. The predicted octanol–water partition coefficient (Wildman–Crippen LogP) is 2.21. The molecule has 0 atom stereocenters. The van der Waals surface area contributed by atoms with Gasteiger partial charge < -0.3 is 4.74 Å². The summed E-state index contributed by atoms with van der Waals surface area (Å²) in [6.07, 6.45) is 1.76. The van der Waals surface area contributed by atoms with Crippen LogP contribution in [0.1, 0.15) is 0 Å². The molecule has 0 unspecified atom stereocenters. The molecule has 13 heavy (non-hydrogen) atoms. The number of nitrogens with zero attached hydrogens (tertiary/aromatic N) is 2. The normalized spacial score (nSPS) is 9.92. The maximum Gasteiger partial charge on any atom is 0.233 e. The van der Waals surface area contributed by atoms with E-state index in [-0.39, 0.29) is 0 Å². The average Bonchev–Trinajstić information content (AvgIpc) is 2.67. The summed E-state index contributed by atoms with van der Waals surface area (Å²) in [6, 6.07) is 5.77. The van der Waals surface area contributed by atoms with E-state index >= 15 is 0 Å². The smallest absolute Gasteiger partial charge is 0.233 e. The van der Waals surface area contributed by atoms with E-state index in [4.69, 9.17) is 4.74 Å². The monoisotopic (exact) mass is 192 g/mol. The molecule has 0 bridgehead atoms. The minimum absolute atomic E-state index is 0.642. The largest absolute Gasteiger partial charge is 0.480 e. The van der Waals surface area contributed by atoms with E-state index in [9.17, 15) is 0 Å². The van der Waals surface area contributed by atoms with Crippen LogP contribution in [-0.4, -0.2) is 17.1 Å². The van der Waals surface area contributed by atoms with Crippen molar-refractivity contribution < 1.29 is 4.74 Å². The van der Waals surface area contributed by atoms with Crippen molar-refractivity contribution in [2.45, 2.75) is 0 Å². The van der Waals surface area contributed by atoms with E-state index in [0.29, 0.717) is 5.88 Å². The molecule has 0 aliphatic rings. The molecule has 3 nitrogen and oxygen atoms in total. The number of pyridine rings is 1. The summed E-state index contributed by atoms with van der Waals surface area (Å²) in [5.74, 6) is 0.642. The number of methoxy groups -OCH3 is 1. The van der Waals surface area contributed by atoms with E-state index in [0.717, 1.165) is 10.6 Å². The molecule has 0 aromatic carbocycles. The van der Waals surface area contributed by atoms with Gasteiger partial charge in [0, 0.05) is 6.20 Å². The molecule has 2 aromatic rings. The molecule has 0 amide bonds. The number of hydrogen-bond donors (Lipinski definition) is 0. The van der Waals surface area contributed by atoms with E-state index in [1.54, 1.807) is 18.8 Å². The lowest BCUT2D eigenvalue weighted by atomic mass is 10.3. The number of thiazole rings is 1. The lowest BCUT2D eigenvalue weighted by Gasteiger charge is -1.98. The molecule has 2 rings (SSSR count). The first-order valence-electron chi connectivity index (χ1n) is 3.80. The average molecular weight is 192 g/mol. The van der Waals surface area contributed by atoms with Gasteiger partial charge in [0.15, 0.2) is 0 Å². The summed E-state index contributed by atoms with van der Waals surface area (Å²) in [5.41, 5.74) is 2.66. The van der Waals surface area contributed by atoms with E-state index in [1.807, 2.05) is 18.2 Å². The maximum atomic E-state index is 5.10. The van der Waals surface area contributed by atoms with Crippen molar-refractivity contribution in [3.8, 4) is 16.5 Å². The van der Waals surface area contributed by atoms with Crippen LogP contribution in [0.5, 0.6) is 5.88 Å². The third-order valence-electron chi connectivity index (χ3n) is 1.63. The highest BCUT2D eigenvalue weighted by Gasteiger charge is 2.08. The van der Waals surface area contributed by atoms with Crippen LogP contribution in [0.4, 0.5) is 0 Å². The Balaban J connectivity index is 2.47. The molecular weight excluding hydrogens is 184 g/mol. The Labute approximate surface area is 80.0 Å². The zero-order valence-corrected chi connectivity index (χ0v) is 7.91. The maximum absolute atomic E-state index is 5.10. The van der Waals surface area contributed by atoms with Crippen LogP contribution >= 0.6 is 11.3 Å². The van der Waals surface area contributed by atoms with Gasteiger partial charge in [0.1, 0.15) is 4.88 Å². The van der Waals surface area contributed by atoms with E-state index < -0.39 is 0 Å². The Morgan fingerprint density at radius 2 is 2.23 bits per heavy atom. The lowest BCUT2D eigenvalue weighted by Crippen LogP contribution is -1.86. The molecule has 0 aliphatic heterocycles. The first-order chi connectivity index (χ1) is 6.42. The SMILES string of the molecule is COc1ncsc1-c1ccccn1. The second-order valence-electron chi connectivity index (χ2n) is 2.41. The molecule has 0 N–H and O–H groups in total. The van der Waals surface area contributed by atoms with Gasteiger partial charge in [0.2, 0.25) is 5.88 Å². The predicted molar refractivity (Wildman–Crippen MR) is 51.9 cm³/mol. The van der Waals surface area contributed by atoms with Crippen molar-refractivity contribution in [3.63, 3.8) is 0 Å². The molecule has 0 spiro atoms. The highest BCUT2D eigenvalue weighted by atomic mass is 32.1. The zero-order valence-electron chi connectivity index (χ0n) is 7.10. The fraction of sp³-hybridized carbons (Fsp3) is 0.111. The van der Waals surface area contributed by atoms with Gasteiger partial charge in [-0.3, -0.25) is 4.98 Å². The minimum atomic E-state index is 0.642. The van der Waals surface area contributed by atoms with Crippen LogP contribution in [0.2, 0.25) is 0 Å². The summed E-state index contributed by atoms with van der Waals surface area (Å²) < 4.78 is 5.10. The Morgan fingerprint density at radius 1 is 1.31 bits per heavy atom. The fourth-order valence-corrected chi connectivity index (χ4v) is 1.78. The third kappa shape index (κ3) is 1.53. The van der Waals surface area contributed by atoms with Gasteiger partial charge in [0.05, 0.1) is 18.3 Å². The van der Waals surface area contributed by atoms with Crippen LogP contribution < -0.4 is 4.74 Å². The number of ether oxygens (including phenoxy) is 1. The molecule has 2 aromatic heterocycles. The minimum Gasteiger partial charge on any atom is -0.480 e. The first-order valence-corrected chi connectivity index (χ1v) is 4.68. The van der Waals surface area contributed by atoms with Crippen LogP contribution in [0.15, 0.2) is 29.9 Å². The molecule has 0 saturated heterocycles. The summed E-state index contributed by atoms with van der Waals surface area (Å²) in [6.45, 7) is 0. The molecule has 2 heterocycles. The molecule has 0 radical (unpaired) electrons. The van der Waals surface area contributed by atoms with E-state index in [2.05, 4.69) is 9.97 Å². The number of rotatable bonds is 2. The van der Waals surface area contributed by atoms with Crippen molar-refractivity contribution in [1.82, 2.24) is 9.97 Å². The highest BCUT2D eigenvalue weighted by Crippen LogP contribution is 2.30. The first kappa shape index (κ1) is 8.19. The van der Waals surface area contributed by atoms with Crippen molar-refractivity contribution in [2.24, 2.45) is 0 Å².